The maximum absolute atomic E-state index is 12.8. The molecule has 0 aliphatic heterocycles. The molecular formula is C16H16N2OS2. The van der Waals surface area contributed by atoms with Gasteiger partial charge in [-0.05, 0) is 19.9 Å². The summed E-state index contributed by atoms with van der Waals surface area (Å²) in [4.78, 5) is 20.0. The Balaban J connectivity index is 1.91. The van der Waals surface area contributed by atoms with E-state index in [4.69, 9.17) is 0 Å². The first-order valence-corrected chi connectivity index (χ1v) is 8.40. The van der Waals surface area contributed by atoms with Gasteiger partial charge in [0.05, 0.1) is 22.8 Å². The Morgan fingerprint density at radius 3 is 2.76 bits per heavy atom. The smallest absolute Gasteiger partial charge is 0.255 e. The predicted octanol–water partition coefficient (Wildman–Crippen LogP) is 4.25. The van der Waals surface area contributed by atoms with E-state index in [9.17, 15) is 4.79 Å². The number of hydrogen-bond donors (Lipinski definition) is 0. The van der Waals surface area contributed by atoms with Crippen molar-refractivity contribution in [2.24, 2.45) is 0 Å². The minimum absolute atomic E-state index is 0.0654. The van der Waals surface area contributed by atoms with Crippen LogP contribution in [0.4, 0.5) is 0 Å². The molecule has 0 unspecified atom stereocenters. The Hall–Kier alpha value is -1.72. The van der Waals surface area contributed by atoms with Crippen LogP contribution in [-0.2, 0) is 6.54 Å². The number of carbonyl (C=O) groups is 1. The van der Waals surface area contributed by atoms with Gasteiger partial charge in [-0.1, -0.05) is 18.2 Å². The molecule has 0 aliphatic rings. The minimum atomic E-state index is 0.0654. The van der Waals surface area contributed by atoms with E-state index < -0.39 is 0 Å². The molecule has 0 N–H and O–H groups in total. The van der Waals surface area contributed by atoms with Gasteiger partial charge in [-0.2, -0.15) is 0 Å². The first kappa shape index (κ1) is 14.2. The van der Waals surface area contributed by atoms with Gasteiger partial charge >= 0.3 is 0 Å². The molecule has 0 radical (unpaired) electrons. The standard InChI is InChI=1S/C16H16N2OS2/c1-10-15(13-6-4-5-7-14(13)21-10)16(19)18(3)8-12-9-20-11(2)17-12/h4-7,9H,8H2,1-3H3. The molecule has 0 atom stereocenters. The zero-order valence-corrected chi connectivity index (χ0v) is 13.8. The first-order chi connectivity index (χ1) is 10.1. The maximum atomic E-state index is 12.8. The fourth-order valence-electron chi connectivity index (χ4n) is 2.42. The zero-order chi connectivity index (χ0) is 15.0. The lowest BCUT2D eigenvalue weighted by molar-refractivity contribution is 0.0785. The number of benzene rings is 1. The highest BCUT2D eigenvalue weighted by atomic mass is 32.1. The lowest BCUT2D eigenvalue weighted by Gasteiger charge is -2.16. The molecule has 5 heteroatoms. The van der Waals surface area contributed by atoms with E-state index >= 15 is 0 Å². The highest BCUT2D eigenvalue weighted by Gasteiger charge is 2.20. The topological polar surface area (TPSA) is 33.2 Å². The van der Waals surface area contributed by atoms with Crippen LogP contribution in [0.5, 0.6) is 0 Å². The predicted molar refractivity (Wildman–Crippen MR) is 89.2 cm³/mol. The Kier molecular flexibility index (Phi) is 3.78. The van der Waals surface area contributed by atoms with Crippen LogP contribution in [0.3, 0.4) is 0 Å². The number of hydrogen-bond acceptors (Lipinski definition) is 4. The normalized spacial score (nSPS) is 11.0. The van der Waals surface area contributed by atoms with Gasteiger partial charge in [0.1, 0.15) is 0 Å². The van der Waals surface area contributed by atoms with Crippen molar-refractivity contribution >= 4 is 38.7 Å². The molecule has 1 amide bonds. The number of fused-ring (bicyclic) bond motifs is 1. The van der Waals surface area contributed by atoms with Crippen LogP contribution in [0.15, 0.2) is 29.6 Å². The van der Waals surface area contributed by atoms with E-state index in [-0.39, 0.29) is 5.91 Å². The highest BCUT2D eigenvalue weighted by molar-refractivity contribution is 7.19. The summed E-state index contributed by atoms with van der Waals surface area (Å²) >= 11 is 3.29. The average Bonchev–Trinajstić information content (AvgIpc) is 3.00. The van der Waals surface area contributed by atoms with Gasteiger partial charge in [-0.25, -0.2) is 4.98 Å². The molecule has 0 aliphatic carbocycles. The van der Waals surface area contributed by atoms with Gasteiger partial charge in [0, 0.05) is 27.4 Å². The van der Waals surface area contributed by atoms with Crippen LogP contribution in [0, 0.1) is 13.8 Å². The SMILES string of the molecule is Cc1nc(CN(C)C(=O)c2c(C)sc3ccccc23)cs1. The number of carbonyl (C=O) groups excluding carboxylic acids is 1. The molecule has 3 rings (SSSR count). The molecule has 1 aromatic carbocycles. The lowest BCUT2D eigenvalue weighted by atomic mass is 10.1. The van der Waals surface area contributed by atoms with Gasteiger partial charge in [0.15, 0.2) is 0 Å². The molecule has 0 bridgehead atoms. The molecule has 108 valence electrons. The summed E-state index contributed by atoms with van der Waals surface area (Å²) in [6, 6.07) is 8.07. The van der Waals surface area contributed by atoms with Gasteiger partial charge < -0.3 is 4.90 Å². The second-order valence-electron chi connectivity index (χ2n) is 5.05. The van der Waals surface area contributed by atoms with Crippen molar-refractivity contribution in [2.75, 3.05) is 7.05 Å². The van der Waals surface area contributed by atoms with Gasteiger partial charge in [0.25, 0.3) is 5.91 Å². The molecule has 0 saturated carbocycles. The zero-order valence-electron chi connectivity index (χ0n) is 12.2. The van der Waals surface area contributed by atoms with Gasteiger partial charge in [-0.15, -0.1) is 22.7 Å². The minimum Gasteiger partial charge on any atom is -0.336 e. The number of thiazole rings is 1. The lowest BCUT2D eigenvalue weighted by Crippen LogP contribution is -2.26. The molecule has 0 spiro atoms. The van der Waals surface area contributed by atoms with Crippen LogP contribution in [0.1, 0.15) is 25.9 Å². The van der Waals surface area contributed by atoms with Crippen molar-refractivity contribution < 1.29 is 4.79 Å². The monoisotopic (exact) mass is 316 g/mol. The molecule has 2 heterocycles. The number of thiophene rings is 1. The summed E-state index contributed by atoms with van der Waals surface area (Å²) in [5.41, 5.74) is 1.77. The number of nitrogens with zero attached hydrogens (tertiary/aromatic N) is 2. The van der Waals surface area contributed by atoms with Crippen molar-refractivity contribution in [2.45, 2.75) is 20.4 Å². The highest BCUT2D eigenvalue weighted by Crippen LogP contribution is 2.31. The van der Waals surface area contributed by atoms with E-state index in [2.05, 4.69) is 11.1 Å². The van der Waals surface area contributed by atoms with Crippen molar-refractivity contribution in [3.63, 3.8) is 0 Å². The Morgan fingerprint density at radius 2 is 2.05 bits per heavy atom. The third-order valence-corrected chi connectivity index (χ3v) is 5.31. The Labute approximate surface area is 131 Å². The van der Waals surface area contributed by atoms with Gasteiger partial charge in [0.2, 0.25) is 0 Å². The Morgan fingerprint density at radius 1 is 1.29 bits per heavy atom. The van der Waals surface area contributed by atoms with E-state index in [1.807, 2.05) is 44.5 Å². The molecule has 0 saturated heterocycles. The molecule has 21 heavy (non-hydrogen) atoms. The molecule has 3 aromatic rings. The number of rotatable bonds is 3. The molecule has 2 aromatic heterocycles. The first-order valence-electron chi connectivity index (χ1n) is 6.71. The van der Waals surface area contributed by atoms with Crippen LogP contribution in [0.25, 0.3) is 10.1 Å². The summed E-state index contributed by atoms with van der Waals surface area (Å²) in [6.07, 6.45) is 0. The van der Waals surface area contributed by atoms with E-state index in [1.165, 1.54) is 0 Å². The summed E-state index contributed by atoms with van der Waals surface area (Å²) in [6.45, 7) is 4.54. The van der Waals surface area contributed by atoms with E-state index in [1.54, 1.807) is 27.6 Å². The van der Waals surface area contributed by atoms with E-state index in [0.29, 0.717) is 6.54 Å². The Bertz CT molecular complexity index is 804. The molecular weight excluding hydrogens is 300 g/mol. The fraction of sp³-hybridized carbons (Fsp3) is 0.250. The van der Waals surface area contributed by atoms with Gasteiger partial charge in [-0.3, -0.25) is 4.79 Å². The summed E-state index contributed by atoms with van der Waals surface area (Å²) < 4.78 is 1.16. The summed E-state index contributed by atoms with van der Waals surface area (Å²) in [5.74, 6) is 0.0654. The summed E-state index contributed by atoms with van der Waals surface area (Å²) in [7, 11) is 1.84. The fourth-order valence-corrected chi connectivity index (χ4v) is 4.08. The van der Waals surface area contributed by atoms with E-state index in [0.717, 1.165) is 31.2 Å². The second kappa shape index (κ2) is 5.58. The third kappa shape index (κ3) is 2.71. The maximum Gasteiger partial charge on any atom is 0.255 e. The van der Waals surface area contributed by atoms with Crippen molar-refractivity contribution in [1.82, 2.24) is 9.88 Å². The van der Waals surface area contributed by atoms with Crippen LogP contribution in [-0.4, -0.2) is 22.8 Å². The van der Waals surface area contributed by atoms with Crippen molar-refractivity contribution in [1.29, 1.82) is 0 Å². The van der Waals surface area contributed by atoms with Crippen LogP contribution < -0.4 is 0 Å². The summed E-state index contributed by atoms with van der Waals surface area (Å²) in [5, 5.41) is 4.09. The third-order valence-electron chi connectivity index (χ3n) is 3.40. The van der Waals surface area contributed by atoms with Crippen LogP contribution in [0.2, 0.25) is 0 Å². The molecule has 3 nitrogen and oxygen atoms in total. The number of aromatic nitrogens is 1. The quantitative estimate of drug-likeness (QED) is 0.724. The largest absolute Gasteiger partial charge is 0.336 e. The average molecular weight is 316 g/mol. The number of amides is 1. The number of aryl methyl sites for hydroxylation is 2. The molecule has 0 fully saturated rings. The second-order valence-corrected chi connectivity index (χ2v) is 7.37. The van der Waals surface area contributed by atoms with Crippen LogP contribution >= 0.6 is 22.7 Å². The van der Waals surface area contributed by atoms with Crippen molar-refractivity contribution in [3.05, 3.63) is 50.8 Å². The van der Waals surface area contributed by atoms with Crippen molar-refractivity contribution in [3.8, 4) is 0 Å².